The van der Waals surface area contributed by atoms with E-state index in [1.165, 1.54) is 5.57 Å². The first kappa shape index (κ1) is 21.4. The van der Waals surface area contributed by atoms with Gasteiger partial charge in [-0.3, -0.25) is 4.79 Å². The molecule has 148 valence electrons. The average molecular weight is 369 g/mol. The fourth-order valence-corrected chi connectivity index (χ4v) is 3.90. The van der Waals surface area contributed by atoms with Crippen LogP contribution in [0.5, 0.6) is 0 Å². The zero-order chi connectivity index (χ0) is 19.5. The van der Waals surface area contributed by atoms with Crippen molar-refractivity contribution in [2.24, 2.45) is 0 Å². The van der Waals surface area contributed by atoms with E-state index in [-0.39, 0.29) is 5.91 Å². The molecule has 1 aromatic rings. The topological polar surface area (TPSA) is 23.6 Å². The van der Waals surface area contributed by atoms with Crippen molar-refractivity contribution in [2.45, 2.75) is 65.3 Å². The van der Waals surface area contributed by atoms with Crippen molar-refractivity contribution >= 4 is 11.6 Å². The number of piperidine rings is 1. The Morgan fingerprint density at radius 3 is 2.44 bits per heavy atom. The molecule has 0 aromatic heterocycles. The number of hydrogen-bond acceptors (Lipinski definition) is 2. The predicted molar refractivity (Wildman–Crippen MR) is 116 cm³/mol. The molecule has 0 unspecified atom stereocenters. The predicted octanol–water partition coefficient (Wildman–Crippen LogP) is 5.59. The summed E-state index contributed by atoms with van der Waals surface area (Å²) in [6.07, 6.45) is 12.5. The number of benzene rings is 1. The Balaban J connectivity index is 1.95. The largest absolute Gasteiger partial charge is 0.309 e. The number of para-hydroxylation sites is 1. The summed E-state index contributed by atoms with van der Waals surface area (Å²) in [5.74, 6) is 0.267. The summed E-state index contributed by atoms with van der Waals surface area (Å²) in [7, 11) is 0. The van der Waals surface area contributed by atoms with Gasteiger partial charge in [-0.15, -0.1) is 0 Å². The highest BCUT2D eigenvalue weighted by molar-refractivity contribution is 5.93. The number of likely N-dealkylation sites (tertiary alicyclic amines) is 1. The molecule has 1 heterocycles. The number of amides is 1. The maximum atomic E-state index is 12.8. The van der Waals surface area contributed by atoms with E-state index in [1.54, 1.807) is 0 Å². The van der Waals surface area contributed by atoms with Gasteiger partial charge in [0.2, 0.25) is 5.91 Å². The van der Waals surface area contributed by atoms with Gasteiger partial charge in [0.05, 0.1) is 0 Å². The van der Waals surface area contributed by atoms with Gasteiger partial charge in [-0.2, -0.15) is 0 Å². The van der Waals surface area contributed by atoms with Crippen LogP contribution in [0.2, 0.25) is 0 Å². The maximum absolute atomic E-state index is 12.8. The lowest BCUT2D eigenvalue weighted by molar-refractivity contribution is -0.119. The molecule has 1 aromatic carbocycles. The third kappa shape index (κ3) is 6.66. The first-order valence-corrected chi connectivity index (χ1v) is 10.6. The van der Waals surface area contributed by atoms with Crippen LogP contribution in [0, 0.1) is 0 Å². The Morgan fingerprint density at radius 1 is 1.15 bits per heavy atom. The van der Waals surface area contributed by atoms with E-state index in [1.807, 2.05) is 18.2 Å². The quantitative estimate of drug-likeness (QED) is 0.531. The van der Waals surface area contributed by atoms with E-state index in [0.717, 1.165) is 57.4 Å². The summed E-state index contributed by atoms with van der Waals surface area (Å²) in [6, 6.07) is 10.5. The fourth-order valence-electron chi connectivity index (χ4n) is 3.90. The van der Waals surface area contributed by atoms with E-state index < -0.39 is 0 Å². The molecule has 0 spiro atoms. The number of nitrogens with zero attached hydrogens (tertiary/aromatic N) is 2. The van der Waals surface area contributed by atoms with Gasteiger partial charge in [-0.05, 0) is 51.2 Å². The van der Waals surface area contributed by atoms with Crippen LogP contribution < -0.4 is 4.90 Å². The first-order chi connectivity index (χ1) is 13.2. The minimum absolute atomic E-state index is 0.267. The smallest absolute Gasteiger partial charge is 0.227 e. The Hall–Kier alpha value is -1.87. The number of rotatable bonds is 9. The van der Waals surface area contributed by atoms with Crippen LogP contribution in [-0.4, -0.2) is 36.5 Å². The molecule has 27 heavy (non-hydrogen) atoms. The first-order valence-electron chi connectivity index (χ1n) is 10.6. The lowest BCUT2D eigenvalue weighted by atomic mass is 10.0. The number of allylic oxidation sites excluding steroid dienone is 3. The molecule has 3 nitrogen and oxygen atoms in total. The molecule has 0 aliphatic carbocycles. The second-order valence-corrected chi connectivity index (χ2v) is 7.36. The molecule has 0 atom stereocenters. The minimum atomic E-state index is 0.267. The van der Waals surface area contributed by atoms with Crippen molar-refractivity contribution in [2.75, 3.05) is 24.5 Å². The summed E-state index contributed by atoms with van der Waals surface area (Å²) >= 11 is 0. The van der Waals surface area contributed by atoms with Gasteiger partial charge in [-0.1, -0.05) is 55.8 Å². The fraction of sp³-hybridized carbons (Fsp3) is 0.542. The third-order valence-electron chi connectivity index (χ3n) is 5.25. The molecule has 1 aliphatic heterocycles. The van der Waals surface area contributed by atoms with Crippen LogP contribution in [0.1, 0.15) is 59.3 Å². The van der Waals surface area contributed by atoms with Crippen molar-refractivity contribution < 1.29 is 4.79 Å². The second kappa shape index (κ2) is 11.8. The van der Waals surface area contributed by atoms with Crippen molar-refractivity contribution in [3.8, 4) is 0 Å². The summed E-state index contributed by atoms with van der Waals surface area (Å²) in [5, 5.41) is 0. The molecule has 0 saturated carbocycles. The highest BCUT2D eigenvalue weighted by Gasteiger charge is 2.28. The Morgan fingerprint density at radius 2 is 1.85 bits per heavy atom. The highest BCUT2D eigenvalue weighted by atomic mass is 16.2. The van der Waals surface area contributed by atoms with E-state index in [0.29, 0.717) is 12.5 Å². The van der Waals surface area contributed by atoms with Crippen LogP contribution in [0.3, 0.4) is 0 Å². The number of carbonyl (C=O) groups excluding carboxylic acids is 1. The third-order valence-corrected chi connectivity index (χ3v) is 5.25. The van der Waals surface area contributed by atoms with E-state index >= 15 is 0 Å². The van der Waals surface area contributed by atoms with Crippen molar-refractivity contribution in [1.82, 2.24) is 4.90 Å². The molecule has 0 radical (unpaired) electrons. The van der Waals surface area contributed by atoms with Gasteiger partial charge in [0.25, 0.3) is 0 Å². The Labute approximate surface area is 165 Å². The van der Waals surface area contributed by atoms with Crippen LogP contribution in [-0.2, 0) is 4.79 Å². The van der Waals surface area contributed by atoms with Crippen LogP contribution in [0.15, 0.2) is 54.1 Å². The van der Waals surface area contributed by atoms with Crippen LogP contribution in [0.25, 0.3) is 0 Å². The van der Waals surface area contributed by atoms with Crippen LogP contribution in [0.4, 0.5) is 5.69 Å². The van der Waals surface area contributed by atoms with Crippen LogP contribution >= 0.6 is 0 Å². The van der Waals surface area contributed by atoms with Crippen molar-refractivity contribution in [1.29, 1.82) is 0 Å². The molecule has 0 bridgehead atoms. The van der Waals surface area contributed by atoms with Gasteiger partial charge < -0.3 is 9.80 Å². The molecule has 1 amide bonds. The molecule has 1 saturated heterocycles. The zero-order valence-electron chi connectivity index (χ0n) is 17.4. The summed E-state index contributed by atoms with van der Waals surface area (Å²) in [5.41, 5.74) is 2.49. The summed E-state index contributed by atoms with van der Waals surface area (Å²) in [4.78, 5) is 17.4. The molecule has 1 fully saturated rings. The second-order valence-electron chi connectivity index (χ2n) is 7.36. The number of carbonyl (C=O) groups is 1. The van der Waals surface area contributed by atoms with Gasteiger partial charge in [-0.25, -0.2) is 0 Å². The lowest BCUT2D eigenvalue weighted by Gasteiger charge is -2.38. The Kier molecular flexibility index (Phi) is 9.34. The normalized spacial score (nSPS) is 16.8. The molecular weight excluding hydrogens is 332 g/mol. The summed E-state index contributed by atoms with van der Waals surface area (Å²) < 4.78 is 0. The van der Waals surface area contributed by atoms with E-state index in [4.69, 9.17) is 0 Å². The highest BCUT2D eigenvalue weighted by Crippen LogP contribution is 2.25. The van der Waals surface area contributed by atoms with E-state index in [2.05, 4.69) is 60.9 Å². The van der Waals surface area contributed by atoms with Crippen molar-refractivity contribution in [3.63, 3.8) is 0 Å². The molecule has 3 heteroatoms. The SMILES string of the molecule is C/C=C\C(=C/CC)CCN1CCC(N(C(=O)CCC)c2ccccc2)CC1. The number of hydrogen-bond donors (Lipinski definition) is 0. The Bertz CT molecular complexity index is 613. The summed E-state index contributed by atoms with van der Waals surface area (Å²) in [6.45, 7) is 9.61. The lowest BCUT2D eigenvalue weighted by Crippen LogP contribution is -2.47. The minimum Gasteiger partial charge on any atom is -0.309 e. The average Bonchev–Trinajstić information content (AvgIpc) is 2.69. The molecular formula is C24H36N2O. The van der Waals surface area contributed by atoms with Gasteiger partial charge in [0, 0.05) is 37.8 Å². The zero-order valence-corrected chi connectivity index (χ0v) is 17.4. The van der Waals surface area contributed by atoms with Gasteiger partial charge in [0.1, 0.15) is 0 Å². The van der Waals surface area contributed by atoms with Crippen molar-refractivity contribution in [3.05, 3.63) is 54.1 Å². The molecule has 0 N–H and O–H groups in total. The van der Waals surface area contributed by atoms with E-state index in [9.17, 15) is 4.79 Å². The molecule has 2 rings (SSSR count). The monoisotopic (exact) mass is 368 g/mol. The molecule has 1 aliphatic rings. The van der Waals surface area contributed by atoms with Gasteiger partial charge in [0.15, 0.2) is 0 Å². The maximum Gasteiger partial charge on any atom is 0.227 e. The van der Waals surface area contributed by atoms with Gasteiger partial charge >= 0.3 is 0 Å². The number of anilines is 1. The standard InChI is InChI=1S/C24H36N2O/c1-4-10-21(11-5-2)15-18-25-19-16-23(17-20-25)26(24(27)12-6-3)22-13-8-7-9-14-22/h4,7-11,13-14,23H,5-6,12,15-20H2,1-3H3/b10-4-,21-11+.